The lowest BCUT2D eigenvalue weighted by Gasteiger charge is -2.06. The molecule has 110 valence electrons. The Morgan fingerprint density at radius 2 is 1.52 bits per heavy atom. The first kappa shape index (κ1) is 14.9. The molecule has 0 spiro atoms. The second kappa shape index (κ2) is 7.31. The van der Waals surface area contributed by atoms with Crippen molar-refractivity contribution in [2.45, 2.75) is 13.2 Å². The van der Waals surface area contributed by atoms with E-state index in [0.29, 0.717) is 18.8 Å². The van der Waals surface area contributed by atoms with Crippen LogP contribution >= 0.6 is 0 Å². The van der Waals surface area contributed by atoms with Gasteiger partial charge in [-0.1, -0.05) is 41.6 Å². The van der Waals surface area contributed by atoms with Crippen molar-refractivity contribution in [1.82, 2.24) is 0 Å². The molecular formula is C16H18N2O3. The number of benzene rings is 2. The zero-order valence-electron chi connectivity index (χ0n) is 11.8. The van der Waals surface area contributed by atoms with Crippen molar-refractivity contribution in [3.63, 3.8) is 0 Å². The van der Waals surface area contributed by atoms with Gasteiger partial charge < -0.3 is 20.4 Å². The highest BCUT2D eigenvalue weighted by molar-refractivity contribution is 5.96. The van der Waals surface area contributed by atoms with Crippen LogP contribution in [-0.2, 0) is 18.0 Å². The minimum Gasteiger partial charge on any atom is -0.497 e. The third kappa shape index (κ3) is 4.22. The molecule has 0 aliphatic heterocycles. The van der Waals surface area contributed by atoms with E-state index < -0.39 is 0 Å². The lowest BCUT2D eigenvalue weighted by molar-refractivity contribution is 0.107. The summed E-state index contributed by atoms with van der Waals surface area (Å²) in [5.74, 6) is 0.929. The van der Waals surface area contributed by atoms with Gasteiger partial charge >= 0.3 is 0 Å². The first-order chi connectivity index (χ1) is 10.2. The Bertz CT molecular complexity index is 592. The third-order valence-electron chi connectivity index (χ3n) is 3.05. The second-order valence-electron chi connectivity index (χ2n) is 4.52. The van der Waals surface area contributed by atoms with Crippen molar-refractivity contribution < 1.29 is 14.7 Å². The van der Waals surface area contributed by atoms with E-state index in [0.717, 1.165) is 16.9 Å². The third-order valence-corrected chi connectivity index (χ3v) is 3.05. The number of ether oxygens (including phenoxy) is 2. The summed E-state index contributed by atoms with van der Waals surface area (Å²) in [5.41, 5.74) is 8.29. The molecule has 5 nitrogen and oxygen atoms in total. The summed E-state index contributed by atoms with van der Waals surface area (Å²) >= 11 is 0. The Labute approximate surface area is 123 Å². The molecule has 2 rings (SSSR count). The number of hydrogen-bond donors (Lipinski definition) is 2. The molecule has 5 heteroatoms. The highest BCUT2D eigenvalue weighted by atomic mass is 16.5. The maximum atomic E-state index is 8.59. The lowest BCUT2D eigenvalue weighted by atomic mass is 10.1. The SMILES string of the molecule is COc1ccc(COCc2ccc(/C(N)=N/O)cc2)cc1. The monoisotopic (exact) mass is 286 g/mol. The molecule has 0 atom stereocenters. The number of nitrogens with zero attached hydrogens (tertiary/aromatic N) is 1. The van der Waals surface area contributed by atoms with E-state index in [9.17, 15) is 0 Å². The Kier molecular flexibility index (Phi) is 5.17. The van der Waals surface area contributed by atoms with Crippen molar-refractivity contribution in [3.05, 3.63) is 65.2 Å². The molecule has 0 aromatic heterocycles. The Morgan fingerprint density at radius 3 is 2.00 bits per heavy atom. The van der Waals surface area contributed by atoms with Crippen molar-refractivity contribution in [1.29, 1.82) is 0 Å². The Hall–Kier alpha value is -2.53. The van der Waals surface area contributed by atoms with Crippen LogP contribution in [0.15, 0.2) is 53.7 Å². The fourth-order valence-corrected chi connectivity index (χ4v) is 1.84. The standard InChI is InChI=1S/C16H18N2O3/c1-20-15-8-4-13(5-9-15)11-21-10-12-2-6-14(7-3-12)16(17)18-19/h2-9,19H,10-11H2,1H3,(H2,17,18). The molecule has 0 bridgehead atoms. The van der Waals surface area contributed by atoms with Gasteiger partial charge in [0.05, 0.1) is 20.3 Å². The van der Waals surface area contributed by atoms with Crippen LogP contribution in [0.25, 0.3) is 0 Å². The van der Waals surface area contributed by atoms with Gasteiger partial charge in [0.15, 0.2) is 5.84 Å². The van der Waals surface area contributed by atoms with Crippen molar-refractivity contribution in [2.75, 3.05) is 7.11 Å². The van der Waals surface area contributed by atoms with E-state index in [1.165, 1.54) is 0 Å². The van der Waals surface area contributed by atoms with Crippen LogP contribution in [0, 0.1) is 0 Å². The van der Waals surface area contributed by atoms with Gasteiger partial charge in [0, 0.05) is 5.56 Å². The molecule has 2 aromatic carbocycles. The van der Waals surface area contributed by atoms with E-state index in [-0.39, 0.29) is 5.84 Å². The number of amidine groups is 1. The van der Waals surface area contributed by atoms with E-state index in [1.54, 1.807) is 19.2 Å². The van der Waals surface area contributed by atoms with Crippen LogP contribution in [0.1, 0.15) is 16.7 Å². The van der Waals surface area contributed by atoms with Crippen LogP contribution < -0.4 is 10.5 Å². The molecule has 0 saturated carbocycles. The molecule has 3 N–H and O–H groups in total. The number of rotatable bonds is 6. The van der Waals surface area contributed by atoms with E-state index in [4.69, 9.17) is 20.4 Å². The molecule has 2 aromatic rings. The van der Waals surface area contributed by atoms with Gasteiger partial charge in [-0.15, -0.1) is 0 Å². The zero-order valence-corrected chi connectivity index (χ0v) is 11.8. The predicted molar refractivity (Wildman–Crippen MR) is 80.4 cm³/mol. The molecule has 0 fully saturated rings. The number of hydrogen-bond acceptors (Lipinski definition) is 4. The molecule has 0 heterocycles. The van der Waals surface area contributed by atoms with Gasteiger partial charge in [-0.05, 0) is 23.3 Å². The van der Waals surface area contributed by atoms with Gasteiger partial charge in [-0.25, -0.2) is 0 Å². The van der Waals surface area contributed by atoms with E-state index >= 15 is 0 Å². The second-order valence-corrected chi connectivity index (χ2v) is 4.52. The molecule has 0 amide bonds. The Morgan fingerprint density at radius 1 is 1.00 bits per heavy atom. The van der Waals surface area contributed by atoms with Crippen LogP contribution in [-0.4, -0.2) is 18.2 Å². The quantitative estimate of drug-likeness (QED) is 0.370. The van der Waals surface area contributed by atoms with Gasteiger partial charge in [-0.3, -0.25) is 0 Å². The van der Waals surface area contributed by atoms with Gasteiger partial charge in [0.1, 0.15) is 5.75 Å². The normalized spacial score (nSPS) is 11.4. The van der Waals surface area contributed by atoms with E-state index in [2.05, 4.69) is 5.16 Å². The molecule has 0 unspecified atom stereocenters. The first-order valence-corrected chi connectivity index (χ1v) is 6.50. The molecular weight excluding hydrogens is 268 g/mol. The number of methoxy groups -OCH3 is 1. The summed E-state index contributed by atoms with van der Waals surface area (Å²) < 4.78 is 10.8. The highest BCUT2D eigenvalue weighted by Gasteiger charge is 2.00. The van der Waals surface area contributed by atoms with Gasteiger partial charge in [0.2, 0.25) is 0 Å². The summed E-state index contributed by atoms with van der Waals surface area (Å²) in [4.78, 5) is 0. The molecule has 0 aliphatic carbocycles. The van der Waals surface area contributed by atoms with Crippen molar-refractivity contribution in [3.8, 4) is 5.75 Å². The van der Waals surface area contributed by atoms with Crippen LogP contribution in [0.5, 0.6) is 5.75 Å². The van der Waals surface area contributed by atoms with E-state index in [1.807, 2.05) is 36.4 Å². The molecule has 0 aliphatic rings. The topological polar surface area (TPSA) is 77.1 Å². The number of oxime groups is 1. The highest BCUT2D eigenvalue weighted by Crippen LogP contribution is 2.13. The molecule has 0 radical (unpaired) electrons. The van der Waals surface area contributed by atoms with Crippen LogP contribution in [0.4, 0.5) is 0 Å². The first-order valence-electron chi connectivity index (χ1n) is 6.50. The minimum atomic E-state index is 0.0979. The van der Waals surface area contributed by atoms with Crippen molar-refractivity contribution in [2.24, 2.45) is 10.9 Å². The fraction of sp³-hybridized carbons (Fsp3) is 0.188. The fourth-order valence-electron chi connectivity index (χ4n) is 1.84. The van der Waals surface area contributed by atoms with Gasteiger partial charge in [-0.2, -0.15) is 0 Å². The van der Waals surface area contributed by atoms with Crippen LogP contribution in [0.2, 0.25) is 0 Å². The maximum absolute atomic E-state index is 8.59. The van der Waals surface area contributed by atoms with Crippen molar-refractivity contribution >= 4 is 5.84 Å². The Balaban J connectivity index is 1.85. The summed E-state index contributed by atoms with van der Waals surface area (Å²) in [5, 5.41) is 11.5. The smallest absolute Gasteiger partial charge is 0.170 e. The minimum absolute atomic E-state index is 0.0979. The summed E-state index contributed by atoms with van der Waals surface area (Å²) in [6, 6.07) is 15.1. The van der Waals surface area contributed by atoms with Gasteiger partial charge in [0.25, 0.3) is 0 Å². The summed E-state index contributed by atoms with van der Waals surface area (Å²) in [6.07, 6.45) is 0. The van der Waals surface area contributed by atoms with Crippen LogP contribution in [0.3, 0.4) is 0 Å². The largest absolute Gasteiger partial charge is 0.497 e. The summed E-state index contributed by atoms with van der Waals surface area (Å²) in [6.45, 7) is 1.04. The average Bonchev–Trinajstić information content (AvgIpc) is 2.55. The lowest BCUT2D eigenvalue weighted by Crippen LogP contribution is -2.12. The molecule has 21 heavy (non-hydrogen) atoms. The maximum Gasteiger partial charge on any atom is 0.170 e. The number of nitrogens with two attached hydrogens (primary N) is 1. The zero-order chi connectivity index (χ0) is 15.1. The summed E-state index contributed by atoms with van der Waals surface area (Å²) in [7, 11) is 1.64. The average molecular weight is 286 g/mol. The predicted octanol–water partition coefficient (Wildman–Crippen LogP) is 2.51. The molecule has 0 saturated heterocycles.